The zero-order chi connectivity index (χ0) is 19.9. The van der Waals surface area contributed by atoms with Crippen molar-refractivity contribution in [1.29, 1.82) is 0 Å². The molecule has 0 bridgehead atoms. The molecule has 0 fully saturated rings. The number of rotatable bonds is 7. The Balaban J connectivity index is 1.44. The zero-order valence-electron chi connectivity index (χ0n) is 14.9. The first kappa shape index (κ1) is 20.0. The summed E-state index contributed by atoms with van der Waals surface area (Å²) in [6, 6.07) is 17.8. The van der Waals surface area contributed by atoms with Gasteiger partial charge in [0, 0.05) is 27.6 Å². The van der Waals surface area contributed by atoms with Gasteiger partial charge >= 0.3 is 5.97 Å². The van der Waals surface area contributed by atoms with Crippen LogP contribution in [0.5, 0.6) is 5.75 Å². The van der Waals surface area contributed by atoms with Crippen molar-refractivity contribution in [3.8, 4) is 5.75 Å². The number of hydrogen-bond acceptors (Lipinski definition) is 5. The number of carbonyl (C=O) groups is 2. The van der Waals surface area contributed by atoms with Crippen molar-refractivity contribution in [3.05, 3.63) is 71.2 Å². The summed E-state index contributed by atoms with van der Waals surface area (Å²) in [4.78, 5) is 25.1. The van der Waals surface area contributed by atoms with Crippen molar-refractivity contribution >= 4 is 46.0 Å². The van der Waals surface area contributed by atoms with Gasteiger partial charge in [0.2, 0.25) is 0 Å². The SMILES string of the molecule is O=C(COC(=O)c1ccc2ccccc2c1O)NCCSc1ccc(Cl)cc1. The number of esters is 1. The van der Waals surface area contributed by atoms with Gasteiger partial charge in [0.05, 0.1) is 0 Å². The molecule has 144 valence electrons. The number of halogens is 1. The fraction of sp³-hybridized carbons (Fsp3) is 0.143. The maximum Gasteiger partial charge on any atom is 0.342 e. The quantitative estimate of drug-likeness (QED) is 0.342. The van der Waals surface area contributed by atoms with Gasteiger partial charge in [-0.25, -0.2) is 4.79 Å². The minimum Gasteiger partial charge on any atom is -0.506 e. The molecule has 0 saturated heterocycles. The van der Waals surface area contributed by atoms with Gasteiger partial charge in [0.25, 0.3) is 5.91 Å². The average Bonchev–Trinajstić information content (AvgIpc) is 2.71. The zero-order valence-corrected chi connectivity index (χ0v) is 16.4. The van der Waals surface area contributed by atoms with Gasteiger partial charge in [-0.1, -0.05) is 41.9 Å². The number of nitrogens with one attached hydrogen (secondary N) is 1. The van der Waals surface area contributed by atoms with Crippen LogP contribution in [-0.2, 0) is 9.53 Å². The Labute approximate surface area is 171 Å². The minimum absolute atomic E-state index is 0.0322. The number of hydrogen-bond donors (Lipinski definition) is 2. The predicted molar refractivity (Wildman–Crippen MR) is 111 cm³/mol. The predicted octanol–water partition coefficient (Wildman–Crippen LogP) is 4.26. The van der Waals surface area contributed by atoms with Crippen LogP contribution in [0.2, 0.25) is 5.02 Å². The van der Waals surface area contributed by atoms with E-state index in [1.165, 1.54) is 6.07 Å². The maximum atomic E-state index is 12.2. The number of phenolic OH excluding ortho intramolecular Hbond substituents is 1. The van der Waals surface area contributed by atoms with Crippen LogP contribution >= 0.6 is 23.4 Å². The van der Waals surface area contributed by atoms with Crippen LogP contribution in [0.1, 0.15) is 10.4 Å². The second-order valence-corrected chi connectivity index (χ2v) is 7.52. The van der Waals surface area contributed by atoms with Gasteiger partial charge in [0.15, 0.2) is 6.61 Å². The van der Waals surface area contributed by atoms with E-state index in [9.17, 15) is 14.7 Å². The molecule has 3 rings (SSSR count). The molecular formula is C21H18ClNO4S. The van der Waals surface area contributed by atoms with Crippen LogP contribution in [0, 0.1) is 0 Å². The fourth-order valence-corrected chi connectivity index (χ4v) is 3.46. The molecule has 0 saturated carbocycles. The second-order valence-electron chi connectivity index (χ2n) is 5.91. The normalized spacial score (nSPS) is 10.6. The third-order valence-corrected chi connectivity index (χ3v) is 5.23. The number of fused-ring (bicyclic) bond motifs is 1. The lowest BCUT2D eigenvalue weighted by atomic mass is 10.1. The molecular weight excluding hydrogens is 398 g/mol. The van der Waals surface area contributed by atoms with E-state index in [1.807, 2.05) is 36.4 Å². The van der Waals surface area contributed by atoms with E-state index in [2.05, 4.69) is 5.32 Å². The summed E-state index contributed by atoms with van der Waals surface area (Å²) in [6.07, 6.45) is 0. The minimum atomic E-state index is -0.742. The van der Waals surface area contributed by atoms with E-state index in [-0.39, 0.29) is 11.3 Å². The Morgan fingerprint density at radius 1 is 1.04 bits per heavy atom. The highest BCUT2D eigenvalue weighted by Gasteiger charge is 2.16. The van der Waals surface area contributed by atoms with Gasteiger partial charge in [-0.2, -0.15) is 0 Å². The van der Waals surface area contributed by atoms with Crippen molar-refractivity contribution < 1.29 is 19.4 Å². The summed E-state index contributed by atoms with van der Waals surface area (Å²) < 4.78 is 5.02. The van der Waals surface area contributed by atoms with Crippen molar-refractivity contribution in [2.45, 2.75) is 4.90 Å². The maximum absolute atomic E-state index is 12.2. The van der Waals surface area contributed by atoms with Gasteiger partial charge in [-0.3, -0.25) is 4.79 Å². The number of benzene rings is 3. The highest BCUT2D eigenvalue weighted by molar-refractivity contribution is 7.99. The highest BCUT2D eigenvalue weighted by atomic mass is 35.5. The molecule has 2 N–H and O–H groups in total. The van der Waals surface area contributed by atoms with Crippen LogP contribution < -0.4 is 5.32 Å². The van der Waals surface area contributed by atoms with Crippen LogP contribution in [0.3, 0.4) is 0 Å². The summed E-state index contributed by atoms with van der Waals surface area (Å²) in [5.41, 5.74) is 0.0322. The fourth-order valence-electron chi connectivity index (χ4n) is 2.57. The summed E-state index contributed by atoms with van der Waals surface area (Å²) >= 11 is 7.42. The Morgan fingerprint density at radius 2 is 1.79 bits per heavy atom. The molecule has 0 aromatic heterocycles. The van der Waals surface area contributed by atoms with Crippen LogP contribution in [0.15, 0.2) is 65.6 Å². The molecule has 5 nitrogen and oxygen atoms in total. The Morgan fingerprint density at radius 3 is 2.57 bits per heavy atom. The van der Waals surface area contributed by atoms with E-state index in [0.717, 1.165) is 10.3 Å². The number of phenols is 1. The van der Waals surface area contributed by atoms with Crippen molar-refractivity contribution in [2.75, 3.05) is 18.9 Å². The third kappa shape index (κ3) is 5.18. The smallest absolute Gasteiger partial charge is 0.342 e. The molecule has 0 aliphatic heterocycles. The first-order valence-corrected chi connectivity index (χ1v) is 9.94. The standard InChI is InChI=1S/C21H18ClNO4S/c22-15-6-8-16(9-7-15)28-12-11-23-19(24)13-27-21(26)18-10-5-14-3-1-2-4-17(14)20(18)25/h1-10,25H,11-13H2,(H,23,24). The lowest BCUT2D eigenvalue weighted by Gasteiger charge is -2.09. The monoisotopic (exact) mass is 415 g/mol. The third-order valence-electron chi connectivity index (χ3n) is 3.96. The first-order chi connectivity index (χ1) is 13.5. The molecule has 0 heterocycles. The van der Waals surface area contributed by atoms with Crippen LogP contribution in [-0.4, -0.2) is 35.9 Å². The van der Waals surface area contributed by atoms with Gasteiger partial charge in [-0.15, -0.1) is 11.8 Å². The molecule has 1 amide bonds. The summed E-state index contributed by atoms with van der Waals surface area (Å²) in [7, 11) is 0. The number of aromatic hydroxyl groups is 1. The molecule has 3 aromatic carbocycles. The lowest BCUT2D eigenvalue weighted by Crippen LogP contribution is -2.30. The molecule has 0 aliphatic rings. The highest BCUT2D eigenvalue weighted by Crippen LogP contribution is 2.29. The molecule has 28 heavy (non-hydrogen) atoms. The number of amides is 1. The average molecular weight is 416 g/mol. The molecule has 0 unspecified atom stereocenters. The van der Waals surface area contributed by atoms with Crippen molar-refractivity contribution in [2.24, 2.45) is 0 Å². The molecule has 3 aromatic rings. The summed E-state index contributed by atoms with van der Waals surface area (Å²) in [6.45, 7) is 0.0294. The van der Waals surface area contributed by atoms with Gasteiger partial charge in [0.1, 0.15) is 11.3 Å². The Hall–Kier alpha value is -2.70. The second kappa shape index (κ2) is 9.48. The number of ether oxygens (including phenoxy) is 1. The van der Waals surface area contributed by atoms with Crippen LogP contribution in [0.4, 0.5) is 0 Å². The number of thioether (sulfide) groups is 1. The van der Waals surface area contributed by atoms with E-state index in [1.54, 1.807) is 30.0 Å². The molecule has 0 radical (unpaired) electrons. The molecule has 0 atom stereocenters. The van der Waals surface area contributed by atoms with Crippen molar-refractivity contribution in [1.82, 2.24) is 5.32 Å². The number of carbonyl (C=O) groups excluding carboxylic acids is 2. The topological polar surface area (TPSA) is 75.6 Å². The molecule has 0 spiro atoms. The lowest BCUT2D eigenvalue weighted by molar-refractivity contribution is -0.124. The van der Waals surface area contributed by atoms with E-state index in [0.29, 0.717) is 22.7 Å². The Kier molecular flexibility index (Phi) is 6.79. The first-order valence-electron chi connectivity index (χ1n) is 8.57. The van der Waals surface area contributed by atoms with E-state index < -0.39 is 18.5 Å². The van der Waals surface area contributed by atoms with E-state index >= 15 is 0 Å². The van der Waals surface area contributed by atoms with E-state index in [4.69, 9.17) is 16.3 Å². The van der Waals surface area contributed by atoms with Crippen molar-refractivity contribution in [3.63, 3.8) is 0 Å². The van der Waals surface area contributed by atoms with Gasteiger partial charge < -0.3 is 15.2 Å². The Bertz CT molecular complexity index is 991. The molecule has 0 aliphatic carbocycles. The summed E-state index contributed by atoms with van der Waals surface area (Å²) in [5, 5.41) is 15.0. The summed E-state index contributed by atoms with van der Waals surface area (Å²) in [5.74, 6) is -0.616. The largest absolute Gasteiger partial charge is 0.506 e. The van der Waals surface area contributed by atoms with Crippen LogP contribution in [0.25, 0.3) is 10.8 Å². The van der Waals surface area contributed by atoms with Gasteiger partial charge in [-0.05, 0) is 35.7 Å². The molecule has 7 heteroatoms.